The van der Waals surface area contributed by atoms with Crippen molar-refractivity contribution in [3.63, 3.8) is 0 Å². The largest absolute Gasteiger partial charge is 0.494 e. The topological polar surface area (TPSA) is 44.8 Å². The minimum absolute atomic E-state index is 0.0268. The summed E-state index contributed by atoms with van der Waals surface area (Å²) in [6.45, 7) is 4.00. The molecule has 7 heteroatoms. The number of hydrogen-bond acceptors (Lipinski definition) is 4. The number of esters is 1. The Morgan fingerprint density at radius 1 is 0.778 bits per heavy atom. The third-order valence-corrected chi connectivity index (χ3v) is 5.82. The van der Waals surface area contributed by atoms with Crippen molar-refractivity contribution in [2.45, 2.75) is 90.4 Å². The first-order chi connectivity index (χ1) is 17.4. The average Bonchev–Trinajstić information content (AvgIpc) is 2.87. The summed E-state index contributed by atoms with van der Waals surface area (Å²) in [6.07, 6.45) is 6.91. The predicted molar refractivity (Wildman–Crippen MR) is 136 cm³/mol. The Bertz CT molecular complexity index is 889. The maximum atomic E-state index is 14.3. The molecule has 2 aromatic rings. The average molecular weight is 509 g/mol. The molecule has 0 N–H and O–H groups in total. The van der Waals surface area contributed by atoms with Crippen molar-refractivity contribution in [1.29, 1.82) is 0 Å². The highest BCUT2D eigenvalue weighted by Gasteiger charge is 2.21. The van der Waals surface area contributed by atoms with Crippen LogP contribution in [0.5, 0.6) is 17.2 Å². The molecule has 0 fully saturated rings. The van der Waals surface area contributed by atoms with Gasteiger partial charge in [-0.05, 0) is 55.3 Å². The van der Waals surface area contributed by atoms with Crippen molar-refractivity contribution >= 4 is 5.97 Å². The molecular formula is C29H39F3O4. The number of benzene rings is 2. The highest BCUT2D eigenvalue weighted by atomic mass is 19.2. The molecule has 0 saturated carbocycles. The van der Waals surface area contributed by atoms with Gasteiger partial charge in [0.05, 0.1) is 12.2 Å². The zero-order chi connectivity index (χ0) is 26.2. The van der Waals surface area contributed by atoms with E-state index in [4.69, 9.17) is 14.2 Å². The lowest BCUT2D eigenvalue weighted by atomic mass is 10.1. The monoisotopic (exact) mass is 508 g/mol. The third-order valence-electron chi connectivity index (χ3n) is 5.82. The number of halogens is 3. The zero-order valence-corrected chi connectivity index (χ0v) is 21.4. The second kappa shape index (κ2) is 16.9. The first kappa shape index (κ1) is 29.5. The molecule has 0 bridgehead atoms. The molecule has 0 aliphatic heterocycles. The Labute approximate surface area is 213 Å². The van der Waals surface area contributed by atoms with Crippen LogP contribution < -0.4 is 14.2 Å². The van der Waals surface area contributed by atoms with Crippen LogP contribution in [0, 0.1) is 5.82 Å². The van der Waals surface area contributed by atoms with Gasteiger partial charge in [-0.25, -0.2) is 18.0 Å². The van der Waals surface area contributed by atoms with Gasteiger partial charge < -0.3 is 14.2 Å². The van der Waals surface area contributed by atoms with E-state index in [0.29, 0.717) is 24.5 Å². The van der Waals surface area contributed by atoms with Crippen molar-refractivity contribution in [2.75, 3.05) is 13.2 Å². The number of carbonyl (C=O) groups is 1. The van der Waals surface area contributed by atoms with Crippen molar-refractivity contribution in [3.05, 3.63) is 53.8 Å². The molecule has 0 unspecified atom stereocenters. The van der Waals surface area contributed by atoms with Gasteiger partial charge in [-0.3, -0.25) is 0 Å². The van der Waals surface area contributed by atoms with E-state index in [0.717, 1.165) is 18.9 Å². The minimum atomic E-state index is -1.85. The Morgan fingerprint density at radius 2 is 1.42 bits per heavy atom. The fourth-order valence-corrected chi connectivity index (χ4v) is 3.67. The van der Waals surface area contributed by atoms with Gasteiger partial charge >= 0.3 is 5.97 Å². The van der Waals surface area contributed by atoms with Crippen molar-refractivity contribution < 1.29 is 32.2 Å². The van der Waals surface area contributed by atoms with E-state index in [2.05, 4.69) is 6.92 Å². The maximum absolute atomic E-state index is 14.3. The van der Waals surface area contributed by atoms with E-state index in [1.165, 1.54) is 50.7 Å². The van der Waals surface area contributed by atoms with Crippen LogP contribution >= 0.6 is 0 Å². The molecule has 0 amide bonds. The number of hydrogen-bond donors (Lipinski definition) is 0. The first-order valence-corrected chi connectivity index (χ1v) is 13.1. The lowest BCUT2D eigenvalue weighted by molar-refractivity contribution is 0.0733. The fraction of sp³-hybridized carbons (Fsp3) is 0.552. The summed E-state index contributed by atoms with van der Waals surface area (Å²) in [5.41, 5.74) is -0.0268. The summed E-state index contributed by atoms with van der Waals surface area (Å²) in [5.74, 6) is -0.873. The van der Waals surface area contributed by atoms with Crippen molar-refractivity contribution in [2.24, 2.45) is 0 Å². The van der Waals surface area contributed by atoms with E-state index < -0.39 is 30.7 Å². The van der Waals surface area contributed by atoms with E-state index in [9.17, 15) is 18.0 Å². The molecule has 4 nitrogen and oxygen atoms in total. The standard InChI is InChI=1S/C29H39F3O4/c1-3-5-6-7-8-9-10-11-19-34-23-14-16-24(17-15-23)36-29(33)22-13-18-28(26(31)20-22)35-21-27(32)25(30)12-4-2/h13-18,20,25,27H,3-12,19,21H2,1-2H3/t25-,27+/m0/s1. The molecule has 200 valence electrons. The highest BCUT2D eigenvalue weighted by molar-refractivity contribution is 5.91. The lowest BCUT2D eigenvalue weighted by Crippen LogP contribution is -2.24. The van der Waals surface area contributed by atoms with Crippen LogP contribution in [0.25, 0.3) is 0 Å². The summed E-state index contributed by atoms with van der Waals surface area (Å²) >= 11 is 0. The first-order valence-electron chi connectivity index (χ1n) is 13.1. The van der Waals surface area contributed by atoms with Crippen LogP contribution in [0.3, 0.4) is 0 Å². The van der Waals surface area contributed by atoms with Crippen LogP contribution in [0.2, 0.25) is 0 Å². The molecule has 0 aliphatic carbocycles. The van der Waals surface area contributed by atoms with Crippen LogP contribution in [0.1, 0.15) is 88.4 Å². The molecule has 0 spiro atoms. The summed E-state index contributed by atoms with van der Waals surface area (Å²) in [6, 6.07) is 10.1. The summed E-state index contributed by atoms with van der Waals surface area (Å²) in [7, 11) is 0. The van der Waals surface area contributed by atoms with E-state index in [-0.39, 0.29) is 17.7 Å². The van der Waals surface area contributed by atoms with Gasteiger partial charge in [0.15, 0.2) is 17.7 Å². The molecule has 2 aromatic carbocycles. The predicted octanol–water partition coefficient (Wildman–Crippen LogP) is 8.42. The number of carbonyl (C=O) groups excluding carboxylic acids is 1. The Hall–Kier alpha value is -2.70. The quantitative estimate of drug-likeness (QED) is 0.115. The molecule has 2 rings (SSSR count). The molecule has 0 radical (unpaired) electrons. The van der Waals surface area contributed by atoms with Gasteiger partial charge in [-0.15, -0.1) is 0 Å². The number of alkyl halides is 2. The Balaban J connectivity index is 1.73. The molecule has 0 heterocycles. The second-order valence-corrected chi connectivity index (χ2v) is 8.96. The zero-order valence-electron chi connectivity index (χ0n) is 21.4. The highest BCUT2D eigenvalue weighted by Crippen LogP contribution is 2.23. The van der Waals surface area contributed by atoms with Gasteiger partial charge in [-0.2, -0.15) is 0 Å². The SMILES string of the molecule is CCCCCCCCCCOc1ccc(OC(=O)c2ccc(OC[C@@H](F)[C@@H](F)CCC)c(F)c2)cc1. The van der Waals surface area contributed by atoms with Gasteiger partial charge in [0.1, 0.15) is 24.3 Å². The fourth-order valence-electron chi connectivity index (χ4n) is 3.67. The molecule has 0 aromatic heterocycles. The normalized spacial score (nSPS) is 12.7. The van der Waals surface area contributed by atoms with Crippen molar-refractivity contribution in [3.8, 4) is 17.2 Å². The summed E-state index contributed by atoms with van der Waals surface area (Å²) < 4.78 is 57.7. The number of ether oxygens (including phenoxy) is 3. The van der Waals surface area contributed by atoms with Crippen LogP contribution in [-0.2, 0) is 0 Å². The van der Waals surface area contributed by atoms with Crippen LogP contribution in [-0.4, -0.2) is 31.5 Å². The van der Waals surface area contributed by atoms with Gasteiger partial charge in [-0.1, -0.05) is 65.2 Å². The molecular weight excluding hydrogens is 469 g/mol. The minimum Gasteiger partial charge on any atom is -0.494 e. The molecule has 0 aliphatic rings. The van der Waals surface area contributed by atoms with Crippen LogP contribution in [0.15, 0.2) is 42.5 Å². The van der Waals surface area contributed by atoms with E-state index >= 15 is 0 Å². The van der Waals surface area contributed by atoms with Gasteiger partial charge in [0.25, 0.3) is 0 Å². The van der Waals surface area contributed by atoms with E-state index in [1.54, 1.807) is 31.2 Å². The van der Waals surface area contributed by atoms with E-state index in [1.807, 2.05) is 0 Å². The smallest absolute Gasteiger partial charge is 0.343 e. The number of rotatable bonds is 18. The maximum Gasteiger partial charge on any atom is 0.343 e. The molecule has 0 saturated heterocycles. The molecule has 36 heavy (non-hydrogen) atoms. The van der Waals surface area contributed by atoms with Gasteiger partial charge in [0.2, 0.25) is 0 Å². The van der Waals surface area contributed by atoms with Crippen molar-refractivity contribution in [1.82, 2.24) is 0 Å². The summed E-state index contributed by atoms with van der Waals surface area (Å²) in [4.78, 5) is 12.4. The van der Waals surface area contributed by atoms with Gasteiger partial charge in [0, 0.05) is 0 Å². The van der Waals surface area contributed by atoms with Crippen LogP contribution in [0.4, 0.5) is 13.2 Å². The Morgan fingerprint density at radius 3 is 2.06 bits per heavy atom. The molecule has 2 atom stereocenters. The lowest BCUT2D eigenvalue weighted by Gasteiger charge is -2.14. The third kappa shape index (κ3) is 10.9. The second-order valence-electron chi connectivity index (χ2n) is 8.96. The number of unbranched alkanes of at least 4 members (excludes halogenated alkanes) is 7. The summed E-state index contributed by atoms with van der Waals surface area (Å²) in [5, 5.41) is 0. The Kier molecular flexibility index (Phi) is 13.8.